The molecule has 1 nitrogen and oxygen atoms in total. The molecule has 0 bridgehead atoms. The molecule has 0 aliphatic heterocycles. The number of nitrogens with zero attached hydrogens (tertiary/aromatic N) is 1. The van der Waals surface area contributed by atoms with Gasteiger partial charge in [-0.05, 0) is 56.3 Å². The monoisotopic (exact) mass is 571 g/mol. The van der Waals surface area contributed by atoms with Gasteiger partial charge in [-0.2, -0.15) is 0 Å². The van der Waals surface area contributed by atoms with Crippen LogP contribution < -0.4 is 0 Å². The number of fused-ring (bicyclic) bond motifs is 5. The van der Waals surface area contributed by atoms with Gasteiger partial charge < -0.3 is 4.57 Å². The molecule has 0 aliphatic carbocycles. The molecule has 0 amide bonds. The molecule has 0 atom stereocenters. The van der Waals surface area contributed by atoms with Gasteiger partial charge in [0.05, 0.1) is 16.7 Å². The molecule has 9 aromatic rings. The number of hydrogen-bond donors (Lipinski definition) is 0. The van der Waals surface area contributed by atoms with Crippen LogP contribution in [0.5, 0.6) is 0 Å². The maximum atomic E-state index is 2.47. The summed E-state index contributed by atoms with van der Waals surface area (Å²) in [5.41, 5.74) is 11.1. The van der Waals surface area contributed by atoms with Gasteiger partial charge in [0.1, 0.15) is 0 Å². The van der Waals surface area contributed by atoms with Gasteiger partial charge in [0, 0.05) is 21.5 Å². The van der Waals surface area contributed by atoms with Crippen LogP contribution in [-0.4, -0.2) is 4.57 Å². The van der Waals surface area contributed by atoms with Gasteiger partial charge in [0.2, 0.25) is 0 Å². The van der Waals surface area contributed by atoms with E-state index in [9.17, 15) is 0 Å². The number of hydrogen-bond acceptors (Lipinski definition) is 0. The van der Waals surface area contributed by atoms with Crippen molar-refractivity contribution in [2.24, 2.45) is 0 Å². The van der Waals surface area contributed by atoms with Crippen molar-refractivity contribution in [1.82, 2.24) is 4.57 Å². The van der Waals surface area contributed by atoms with E-state index in [-0.39, 0.29) is 0 Å². The van der Waals surface area contributed by atoms with Gasteiger partial charge in [0.25, 0.3) is 0 Å². The molecule has 0 radical (unpaired) electrons. The molecule has 1 heterocycles. The van der Waals surface area contributed by atoms with Crippen LogP contribution >= 0.6 is 0 Å². The van der Waals surface area contributed by atoms with Crippen LogP contribution in [0.25, 0.3) is 82.4 Å². The van der Waals surface area contributed by atoms with Crippen LogP contribution in [0.1, 0.15) is 0 Å². The lowest BCUT2D eigenvalue weighted by Gasteiger charge is -2.19. The van der Waals surface area contributed by atoms with E-state index in [0.29, 0.717) is 0 Å². The minimum absolute atomic E-state index is 1.22. The van der Waals surface area contributed by atoms with Crippen LogP contribution in [0, 0.1) is 0 Å². The van der Waals surface area contributed by atoms with Crippen LogP contribution in [0.3, 0.4) is 0 Å². The number of benzene rings is 8. The zero-order valence-corrected chi connectivity index (χ0v) is 24.7. The Morgan fingerprint density at radius 2 is 0.578 bits per heavy atom. The minimum Gasteiger partial charge on any atom is -0.308 e. The van der Waals surface area contributed by atoms with Crippen molar-refractivity contribution in [3.05, 3.63) is 176 Å². The first-order valence-electron chi connectivity index (χ1n) is 15.5. The summed E-state index contributed by atoms with van der Waals surface area (Å²) in [6.45, 7) is 0. The SMILES string of the molecule is c1ccc(-c2ccc(-c3ccc(-c4c5ccccc5c(-n5c6ccccc6c6ccccc65)c5ccccc45)cc3)cc2)cc1. The summed E-state index contributed by atoms with van der Waals surface area (Å²) in [6.07, 6.45) is 0. The Bertz CT molecular complexity index is 2390. The first-order chi connectivity index (χ1) is 22.3. The molecule has 9 rings (SSSR count). The zero-order chi connectivity index (χ0) is 29.7. The predicted molar refractivity (Wildman–Crippen MR) is 192 cm³/mol. The van der Waals surface area contributed by atoms with Gasteiger partial charge in [-0.3, -0.25) is 0 Å². The Morgan fingerprint density at radius 3 is 1.04 bits per heavy atom. The average Bonchev–Trinajstić information content (AvgIpc) is 3.45. The summed E-state index contributed by atoms with van der Waals surface area (Å²) in [7, 11) is 0. The highest BCUT2D eigenvalue weighted by Gasteiger charge is 2.20. The summed E-state index contributed by atoms with van der Waals surface area (Å²) in [5, 5.41) is 7.56. The van der Waals surface area contributed by atoms with E-state index in [1.165, 1.54) is 82.4 Å². The maximum absolute atomic E-state index is 2.47. The molecular formula is C44H29N. The second-order valence-electron chi connectivity index (χ2n) is 11.7. The lowest BCUT2D eigenvalue weighted by Crippen LogP contribution is -1.99. The molecule has 8 aromatic carbocycles. The summed E-state index contributed by atoms with van der Waals surface area (Å²) in [5.74, 6) is 0. The van der Waals surface area contributed by atoms with Gasteiger partial charge in [0.15, 0.2) is 0 Å². The number of rotatable bonds is 4. The van der Waals surface area contributed by atoms with Gasteiger partial charge >= 0.3 is 0 Å². The summed E-state index contributed by atoms with van der Waals surface area (Å²) < 4.78 is 2.47. The molecule has 1 aromatic heterocycles. The zero-order valence-electron chi connectivity index (χ0n) is 24.7. The fourth-order valence-corrected chi connectivity index (χ4v) is 7.14. The topological polar surface area (TPSA) is 4.93 Å². The molecule has 0 saturated carbocycles. The first-order valence-corrected chi connectivity index (χ1v) is 15.5. The Morgan fingerprint density at radius 1 is 0.244 bits per heavy atom. The molecule has 0 saturated heterocycles. The minimum atomic E-state index is 1.22. The Hall–Kier alpha value is -5.92. The molecule has 0 fully saturated rings. The van der Waals surface area contributed by atoms with Crippen molar-refractivity contribution in [2.75, 3.05) is 0 Å². The van der Waals surface area contributed by atoms with Gasteiger partial charge in [-0.25, -0.2) is 0 Å². The van der Waals surface area contributed by atoms with Crippen molar-refractivity contribution in [2.45, 2.75) is 0 Å². The number of aromatic nitrogens is 1. The van der Waals surface area contributed by atoms with Crippen LogP contribution in [0.4, 0.5) is 0 Å². The molecular weight excluding hydrogens is 542 g/mol. The van der Waals surface area contributed by atoms with Crippen molar-refractivity contribution >= 4 is 43.4 Å². The van der Waals surface area contributed by atoms with E-state index in [1.807, 2.05) is 0 Å². The third kappa shape index (κ3) is 4.09. The summed E-state index contributed by atoms with van der Waals surface area (Å²) >= 11 is 0. The second kappa shape index (κ2) is 10.4. The van der Waals surface area contributed by atoms with Crippen LogP contribution in [0.2, 0.25) is 0 Å². The normalized spacial score (nSPS) is 11.6. The molecule has 1 heteroatoms. The smallest absolute Gasteiger partial charge is 0.0619 e. The molecule has 0 aliphatic rings. The highest BCUT2D eigenvalue weighted by molar-refractivity contribution is 6.20. The second-order valence-corrected chi connectivity index (χ2v) is 11.7. The van der Waals surface area contributed by atoms with Crippen LogP contribution in [-0.2, 0) is 0 Å². The molecule has 45 heavy (non-hydrogen) atoms. The van der Waals surface area contributed by atoms with Crippen LogP contribution in [0.15, 0.2) is 176 Å². The van der Waals surface area contributed by atoms with Crippen molar-refractivity contribution < 1.29 is 0 Å². The predicted octanol–water partition coefficient (Wildman–Crippen LogP) is 12.1. The third-order valence-corrected chi connectivity index (χ3v) is 9.21. The molecule has 0 unspecified atom stereocenters. The molecule has 0 spiro atoms. The number of para-hydroxylation sites is 2. The average molecular weight is 572 g/mol. The van der Waals surface area contributed by atoms with E-state index >= 15 is 0 Å². The van der Waals surface area contributed by atoms with E-state index in [4.69, 9.17) is 0 Å². The van der Waals surface area contributed by atoms with E-state index < -0.39 is 0 Å². The summed E-state index contributed by atoms with van der Waals surface area (Å²) in [6, 6.07) is 63.9. The highest BCUT2D eigenvalue weighted by Crippen LogP contribution is 2.44. The lowest BCUT2D eigenvalue weighted by molar-refractivity contribution is 1.21. The fraction of sp³-hybridized carbons (Fsp3) is 0. The Kier molecular flexibility index (Phi) is 5.89. The van der Waals surface area contributed by atoms with E-state index in [1.54, 1.807) is 0 Å². The van der Waals surface area contributed by atoms with Gasteiger partial charge in [-0.15, -0.1) is 0 Å². The van der Waals surface area contributed by atoms with E-state index in [0.717, 1.165) is 0 Å². The van der Waals surface area contributed by atoms with Gasteiger partial charge in [-0.1, -0.05) is 164 Å². The van der Waals surface area contributed by atoms with Crippen molar-refractivity contribution in [3.8, 4) is 39.1 Å². The van der Waals surface area contributed by atoms with Crippen molar-refractivity contribution in [1.29, 1.82) is 0 Å². The first kappa shape index (κ1) is 25.6. The Labute approximate surface area is 262 Å². The quantitative estimate of drug-likeness (QED) is 0.185. The molecule has 0 N–H and O–H groups in total. The van der Waals surface area contributed by atoms with Crippen molar-refractivity contribution in [3.63, 3.8) is 0 Å². The highest BCUT2D eigenvalue weighted by atomic mass is 15.0. The summed E-state index contributed by atoms with van der Waals surface area (Å²) in [4.78, 5) is 0. The Balaban J connectivity index is 1.24. The standard InChI is InChI=1S/C44H29N/c1-2-12-30(13-3-1)31-22-24-32(25-23-31)33-26-28-34(29-27-33)43-37-16-4-6-18-39(37)44(40-19-7-5-17-38(40)43)45-41-20-10-8-14-35(41)36-15-9-11-21-42(36)45/h1-29H. The van der Waals surface area contributed by atoms with E-state index in [2.05, 4.69) is 180 Å². The third-order valence-electron chi connectivity index (χ3n) is 9.21. The largest absolute Gasteiger partial charge is 0.308 e. The molecule has 210 valence electrons. The fourth-order valence-electron chi connectivity index (χ4n) is 7.14. The lowest BCUT2D eigenvalue weighted by atomic mass is 9.89. The maximum Gasteiger partial charge on any atom is 0.0619 e.